The molecule has 1 aliphatic rings. The van der Waals surface area contributed by atoms with Crippen LogP contribution in [0.4, 0.5) is 0 Å². The molecule has 2 aromatic carbocycles. The van der Waals surface area contributed by atoms with Crippen LogP contribution >= 0.6 is 0 Å². The zero-order chi connectivity index (χ0) is 25.2. The number of nitrogens with two attached hydrogens (primary N) is 1. The molecule has 2 aromatic rings. The molecule has 0 aliphatic carbocycles. The number of β-amino-alcohol motifs (C(OH)–C–C–N with tert-alkyl or cyclic N) is 1. The highest BCUT2D eigenvalue weighted by Gasteiger charge is 2.19. The van der Waals surface area contributed by atoms with Gasteiger partial charge in [0.15, 0.2) is 0 Å². The van der Waals surface area contributed by atoms with Crippen LogP contribution < -0.4 is 15.2 Å². The second-order valence-electron chi connectivity index (χ2n) is 9.52. The summed E-state index contributed by atoms with van der Waals surface area (Å²) in [5, 5.41) is 9.67. The number of rotatable bonds is 14. The van der Waals surface area contributed by atoms with E-state index in [4.69, 9.17) is 15.2 Å². The van der Waals surface area contributed by atoms with E-state index in [2.05, 4.69) is 35.8 Å². The molecule has 1 amide bonds. The molecule has 1 saturated heterocycles. The van der Waals surface area contributed by atoms with Crippen LogP contribution in [0.25, 0.3) is 11.1 Å². The zero-order valence-corrected chi connectivity index (χ0v) is 21.5. The lowest BCUT2D eigenvalue weighted by Crippen LogP contribution is -2.26. The van der Waals surface area contributed by atoms with Crippen molar-refractivity contribution in [3.8, 4) is 22.6 Å². The molecule has 0 saturated carbocycles. The molecule has 1 unspecified atom stereocenters. The number of hydrogen-bond acceptors (Lipinski definition) is 6. The first kappa shape index (κ1) is 27.0. The van der Waals surface area contributed by atoms with Crippen molar-refractivity contribution in [3.05, 3.63) is 47.5 Å². The summed E-state index contributed by atoms with van der Waals surface area (Å²) in [6, 6.07) is 12.4. The molecular weight excluding hydrogens is 442 g/mol. The molecule has 7 nitrogen and oxygen atoms in total. The monoisotopic (exact) mass is 483 g/mol. The number of aliphatic hydroxyl groups is 1. The lowest BCUT2D eigenvalue weighted by Gasteiger charge is -2.18. The van der Waals surface area contributed by atoms with Crippen LogP contribution in [0.15, 0.2) is 36.4 Å². The average Bonchev–Trinajstić information content (AvgIpc) is 3.25. The van der Waals surface area contributed by atoms with Crippen molar-refractivity contribution in [3.63, 3.8) is 0 Å². The summed E-state index contributed by atoms with van der Waals surface area (Å²) in [4.78, 5) is 15.3. The minimum Gasteiger partial charge on any atom is -0.493 e. The fourth-order valence-corrected chi connectivity index (χ4v) is 4.54. The van der Waals surface area contributed by atoms with Crippen LogP contribution in [0, 0.1) is 13.8 Å². The maximum Gasteiger partial charge on any atom is 0.218 e. The normalized spacial score (nSPS) is 16.1. The second-order valence-corrected chi connectivity index (χ2v) is 9.52. The molecule has 0 bridgehead atoms. The van der Waals surface area contributed by atoms with Crippen LogP contribution in [-0.2, 0) is 4.79 Å². The second kappa shape index (κ2) is 13.5. The number of ether oxygens (including phenoxy) is 2. The molecule has 0 spiro atoms. The molecular formula is C28H41N3O4. The Hall–Kier alpha value is -2.61. The van der Waals surface area contributed by atoms with Crippen LogP contribution in [0.1, 0.15) is 36.8 Å². The van der Waals surface area contributed by atoms with Gasteiger partial charge in [-0.25, -0.2) is 0 Å². The summed E-state index contributed by atoms with van der Waals surface area (Å²) in [6.45, 7) is 9.70. The van der Waals surface area contributed by atoms with E-state index in [0.29, 0.717) is 26.2 Å². The third-order valence-corrected chi connectivity index (χ3v) is 6.66. The number of hydrogen-bond donors (Lipinski definition) is 2. The van der Waals surface area contributed by atoms with Crippen molar-refractivity contribution in [2.75, 3.05) is 53.0 Å². The topological polar surface area (TPSA) is 88.3 Å². The Morgan fingerprint density at radius 2 is 1.63 bits per heavy atom. The van der Waals surface area contributed by atoms with E-state index in [1.165, 1.54) is 0 Å². The first-order valence-corrected chi connectivity index (χ1v) is 12.7. The van der Waals surface area contributed by atoms with Gasteiger partial charge >= 0.3 is 0 Å². The van der Waals surface area contributed by atoms with E-state index >= 15 is 0 Å². The van der Waals surface area contributed by atoms with Gasteiger partial charge < -0.3 is 30.1 Å². The Labute approximate surface area is 209 Å². The fraction of sp³-hybridized carbons (Fsp3) is 0.536. The molecule has 1 fully saturated rings. The maximum absolute atomic E-state index is 10.9. The standard InChI is InChI=1S/C28H41N3O4/c1-21-24(8-4-10-26(21)34-18-6-14-30(3)16-13-28(29)33)25-9-5-11-27(22(25)2)35-19-7-15-31-17-12-23(32)20-31/h4-5,8-11,23,32H,6-7,12-20H2,1-3H3,(H2,29,33). The van der Waals surface area contributed by atoms with E-state index in [9.17, 15) is 9.90 Å². The van der Waals surface area contributed by atoms with Crippen molar-refractivity contribution in [2.24, 2.45) is 5.73 Å². The highest BCUT2D eigenvalue weighted by Crippen LogP contribution is 2.35. The minimum atomic E-state index is -0.270. The predicted molar refractivity (Wildman–Crippen MR) is 140 cm³/mol. The van der Waals surface area contributed by atoms with Crippen molar-refractivity contribution < 1.29 is 19.4 Å². The van der Waals surface area contributed by atoms with E-state index in [-0.39, 0.29) is 12.0 Å². The molecule has 3 rings (SSSR count). The molecule has 0 aromatic heterocycles. The summed E-state index contributed by atoms with van der Waals surface area (Å²) in [5.41, 5.74) is 9.76. The lowest BCUT2D eigenvalue weighted by atomic mass is 9.95. The summed E-state index contributed by atoms with van der Waals surface area (Å²) in [6.07, 6.45) is 2.89. The zero-order valence-electron chi connectivity index (χ0n) is 21.5. The molecule has 1 heterocycles. The number of likely N-dealkylation sites (tertiary alicyclic amines) is 1. The number of carbonyl (C=O) groups is 1. The van der Waals surface area contributed by atoms with Crippen LogP contribution in [0.3, 0.4) is 0 Å². The molecule has 7 heteroatoms. The Bertz CT molecular complexity index is 965. The van der Waals surface area contributed by atoms with Gasteiger partial charge in [0.05, 0.1) is 19.3 Å². The number of amides is 1. The van der Waals surface area contributed by atoms with Crippen LogP contribution in [-0.4, -0.2) is 79.9 Å². The molecule has 0 radical (unpaired) electrons. The first-order chi connectivity index (χ1) is 16.8. The summed E-state index contributed by atoms with van der Waals surface area (Å²) in [7, 11) is 1.99. The highest BCUT2D eigenvalue weighted by molar-refractivity contribution is 5.74. The van der Waals surface area contributed by atoms with Gasteiger partial charge in [-0.2, -0.15) is 0 Å². The SMILES string of the molecule is Cc1c(OCCCN(C)CCC(N)=O)cccc1-c1cccc(OCCCN2CCC(O)C2)c1C. The number of primary amides is 1. The molecule has 192 valence electrons. The quantitative estimate of drug-likeness (QED) is 0.401. The molecule has 35 heavy (non-hydrogen) atoms. The van der Waals surface area contributed by atoms with E-state index in [1.54, 1.807) is 0 Å². The van der Waals surface area contributed by atoms with Gasteiger partial charge in [0.1, 0.15) is 11.5 Å². The maximum atomic E-state index is 10.9. The summed E-state index contributed by atoms with van der Waals surface area (Å²) < 4.78 is 12.2. The van der Waals surface area contributed by atoms with Crippen LogP contribution in [0.2, 0.25) is 0 Å². The summed E-state index contributed by atoms with van der Waals surface area (Å²) >= 11 is 0. The molecule has 1 aliphatic heterocycles. The van der Waals surface area contributed by atoms with Crippen molar-refractivity contribution in [1.29, 1.82) is 0 Å². The van der Waals surface area contributed by atoms with E-state index < -0.39 is 0 Å². The number of benzene rings is 2. The number of nitrogens with zero attached hydrogens (tertiary/aromatic N) is 2. The van der Waals surface area contributed by atoms with E-state index in [0.717, 1.165) is 79.2 Å². The highest BCUT2D eigenvalue weighted by atomic mass is 16.5. The fourth-order valence-electron chi connectivity index (χ4n) is 4.54. The Morgan fingerprint density at radius 1 is 1.03 bits per heavy atom. The lowest BCUT2D eigenvalue weighted by molar-refractivity contribution is -0.118. The van der Waals surface area contributed by atoms with Gasteiger partial charge in [0, 0.05) is 39.1 Å². The van der Waals surface area contributed by atoms with Crippen molar-refractivity contribution in [2.45, 2.75) is 45.6 Å². The van der Waals surface area contributed by atoms with Crippen LogP contribution in [0.5, 0.6) is 11.5 Å². The molecule has 3 N–H and O–H groups in total. The smallest absolute Gasteiger partial charge is 0.218 e. The van der Waals surface area contributed by atoms with Gasteiger partial charge in [0.25, 0.3) is 0 Å². The average molecular weight is 484 g/mol. The van der Waals surface area contributed by atoms with Gasteiger partial charge in [-0.15, -0.1) is 0 Å². The van der Waals surface area contributed by atoms with Crippen molar-refractivity contribution in [1.82, 2.24) is 9.80 Å². The van der Waals surface area contributed by atoms with Gasteiger partial charge in [-0.3, -0.25) is 4.79 Å². The first-order valence-electron chi connectivity index (χ1n) is 12.7. The Morgan fingerprint density at radius 3 is 2.17 bits per heavy atom. The number of carbonyl (C=O) groups excluding carboxylic acids is 1. The van der Waals surface area contributed by atoms with Crippen molar-refractivity contribution >= 4 is 5.91 Å². The molecule has 1 atom stereocenters. The Kier molecular flexibility index (Phi) is 10.4. The van der Waals surface area contributed by atoms with E-state index in [1.807, 2.05) is 31.3 Å². The largest absolute Gasteiger partial charge is 0.493 e. The van der Waals surface area contributed by atoms with Gasteiger partial charge in [-0.05, 0) is 74.5 Å². The predicted octanol–water partition coefficient (Wildman–Crippen LogP) is 3.38. The Balaban J connectivity index is 1.54. The van der Waals surface area contributed by atoms with Gasteiger partial charge in [-0.1, -0.05) is 24.3 Å². The number of aliphatic hydroxyl groups excluding tert-OH is 1. The minimum absolute atomic E-state index is 0.174. The third-order valence-electron chi connectivity index (χ3n) is 6.66. The third kappa shape index (κ3) is 8.23. The van der Waals surface area contributed by atoms with Gasteiger partial charge in [0.2, 0.25) is 5.91 Å². The summed E-state index contributed by atoms with van der Waals surface area (Å²) in [5.74, 6) is 1.53.